The van der Waals surface area contributed by atoms with Gasteiger partial charge in [0.2, 0.25) is 26.0 Å². The van der Waals surface area contributed by atoms with Crippen LogP contribution in [0.4, 0.5) is 34.1 Å². The first-order chi connectivity index (χ1) is 29.4. The van der Waals surface area contributed by atoms with E-state index in [4.69, 9.17) is 40.5 Å². The quantitative estimate of drug-likeness (QED) is 0.140. The zero-order valence-electron chi connectivity index (χ0n) is 35.2. The van der Waals surface area contributed by atoms with E-state index in [1.807, 2.05) is 0 Å². The van der Waals surface area contributed by atoms with E-state index in [-0.39, 0.29) is 46.9 Å². The standard InChI is InChI=1S/C21H23ClN4O4S.C16H16Cl2N4O3S.C4H7NO/c1-25-11-17-20(21(25)28)16(9-14(23-17)10-19(27)12-4-5-12)24-15-7-6-13(22)8-18(15)26(2)31(3,29)30;1-21-8-12-15(16(21)23)11(7-14(18)20-12)19-10-5-4-9(17)6-13(10)22(2)26(3,24)25;5-4(6)3-1-2-3/h6-9,12H,4-5,10-11H2,1-3H3,(H,23,24);4-7H,8H2,1-3H3,(H,19,20);3H,1-2H2,(H2,5,6). The van der Waals surface area contributed by atoms with Gasteiger partial charge >= 0.3 is 0 Å². The molecule has 3 amide bonds. The Morgan fingerprint density at radius 3 is 1.52 bits per heavy atom. The lowest BCUT2D eigenvalue weighted by atomic mass is 10.1. The number of rotatable bonds is 12. The molecule has 0 atom stereocenters. The lowest BCUT2D eigenvalue weighted by molar-refractivity contribution is -0.120. The van der Waals surface area contributed by atoms with Crippen LogP contribution in [0.1, 0.15) is 63.5 Å². The minimum Gasteiger partial charge on any atom is -0.369 e. The van der Waals surface area contributed by atoms with Crippen LogP contribution in [0.5, 0.6) is 0 Å². The molecule has 2 saturated carbocycles. The highest BCUT2D eigenvalue weighted by molar-refractivity contribution is 7.92. The highest BCUT2D eigenvalue weighted by Gasteiger charge is 2.34. The maximum atomic E-state index is 12.7. The van der Waals surface area contributed by atoms with Crippen molar-refractivity contribution in [2.24, 2.45) is 17.6 Å². The highest BCUT2D eigenvalue weighted by atomic mass is 35.5. The van der Waals surface area contributed by atoms with E-state index >= 15 is 0 Å². The number of hydrogen-bond acceptors (Lipinski definition) is 12. The van der Waals surface area contributed by atoms with Gasteiger partial charge in [0, 0.05) is 56.5 Å². The van der Waals surface area contributed by atoms with Crippen molar-refractivity contribution in [3.05, 3.63) is 91.9 Å². The van der Waals surface area contributed by atoms with E-state index in [2.05, 4.69) is 20.6 Å². The molecule has 0 spiro atoms. The number of nitrogens with two attached hydrogens (primary N) is 1. The number of carbonyl (C=O) groups is 4. The number of sulfonamides is 2. The monoisotopic (exact) mass is 961 g/mol. The van der Waals surface area contributed by atoms with Crippen LogP contribution in [-0.4, -0.2) is 101 Å². The normalized spacial score (nSPS) is 15.4. The number of Topliss-reactive ketones (excluding diaryl/α,β-unsaturated/α-hetero) is 1. The van der Waals surface area contributed by atoms with Gasteiger partial charge in [0.15, 0.2) is 0 Å². The number of aromatic nitrogens is 2. The van der Waals surface area contributed by atoms with Gasteiger partial charge in [0.25, 0.3) is 11.8 Å². The van der Waals surface area contributed by atoms with Gasteiger partial charge < -0.3 is 26.2 Å². The van der Waals surface area contributed by atoms with E-state index in [0.717, 1.165) is 46.8 Å². The molecule has 336 valence electrons. The van der Waals surface area contributed by atoms with Crippen LogP contribution in [0, 0.1) is 11.8 Å². The van der Waals surface area contributed by atoms with Crippen LogP contribution >= 0.6 is 34.8 Å². The molecule has 0 unspecified atom stereocenters. The number of carbonyl (C=O) groups excluding carboxylic acids is 4. The van der Waals surface area contributed by atoms with Gasteiger partial charge in [-0.25, -0.2) is 21.8 Å². The molecule has 2 aromatic carbocycles. The van der Waals surface area contributed by atoms with Crippen molar-refractivity contribution in [1.82, 2.24) is 19.8 Å². The number of primary amides is 1. The molecule has 4 aliphatic rings. The molecule has 2 fully saturated rings. The van der Waals surface area contributed by atoms with E-state index in [1.54, 1.807) is 49.3 Å². The smallest absolute Gasteiger partial charge is 0.257 e. The third kappa shape index (κ3) is 11.3. The molecule has 0 radical (unpaired) electrons. The van der Waals surface area contributed by atoms with Crippen molar-refractivity contribution in [3.8, 4) is 0 Å². The zero-order chi connectivity index (χ0) is 46.3. The summed E-state index contributed by atoms with van der Waals surface area (Å²) < 4.78 is 50.4. The number of benzene rings is 2. The number of nitrogens with one attached hydrogen (secondary N) is 2. The number of anilines is 6. The molecule has 63 heavy (non-hydrogen) atoms. The first-order valence-electron chi connectivity index (χ1n) is 19.5. The second-order valence-electron chi connectivity index (χ2n) is 15.7. The summed E-state index contributed by atoms with van der Waals surface area (Å²) in [5, 5.41) is 7.31. The second kappa shape index (κ2) is 18.5. The molecular formula is C41H46Cl3N9O8S2. The molecule has 2 aliphatic heterocycles. The largest absolute Gasteiger partial charge is 0.369 e. The lowest BCUT2D eigenvalue weighted by Crippen LogP contribution is -2.25. The molecule has 2 aliphatic carbocycles. The highest BCUT2D eigenvalue weighted by Crippen LogP contribution is 2.39. The Morgan fingerprint density at radius 1 is 0.698 bits per heavy atom. The molecule has 4 N–H and O–H groups in total. The Hall–Kier alpha value is -5.21. The molecule has 2 aromatic heterocycles. The lowest BCUT2D eigenvalue weighted by Gasteiger charge is -2.22. The van der Waals surface area contributed by atoms with Crippen molar-refractivity contribution in [1.29, 1.82) is 0 Å². The molecule has 0 saturated heterocycles. The molecule has 17 nitrogen and oxygen atoms in total. The second-order valence-corrected chi connectivity index (χ2v) is 21.0. The van der Waals surface area contributed by atoms with Crippen LogP contribution in [0.3, 0.4) is 0 Å². The van der Waals surface area contributed by atoms with E-state index in [9.17, 15) is 36.0 Å². The Balaban J connectivity index is 0.000000187. The topological polar surface area (TPSA) is 225 Å². The Morgan fingerprint density at radius 2 is 1.13 bits per heavy atom. The minimum atomic E-state index is -3.54. The Kier molecular flexibility index (Phi) is 13.9. The SMILES string of the molecule is CN1Cc2nc(CC(=O)C3CC3)cc(Nc3ccc(Cl)cc3N(C)S(C)(=O)=O)c2C1=O.CN1Cc2nc(Cl)cc(Nc3ccc(Cl)cc3N(C)S(C)(=O)=O)c2C1=O.NC(=O)C1CC1. The molecule has 4 heterocycles. The summed E-state index contributed by atoms with van der Waals surface area (Å²) in [6.45, 7) is 0.713. The summed E-state index contributed by atoms with van der Waals surface area (Å²) in [5.74, 6) is 0.0119. The van der Waals surface area contributed by atoms with Crippen LogP contribution in [0.2, 0.25) is 15.2 Å². The van der Waals surface area contributed by atoms with Crippen LogP contribution in [0.25, 0.3) is 0 Å². The van der Waals surface area contributed by atoms with Crippen molar-refractivity contribution in [3.63, 3.8) is 0 Å². The van der Waals surface area contributed by atoms with Gasteiger partial charge in [-0.15, -0.1) is 0 Å². The van der Waals surface area contributed by atoms with E-state index in [0.29, 0.717) is 85.5 Å². The van der Waals surface area contributed by atoms with Gasteiger partial charge in [-0.05, 0) is 74.2 Å². The van der Waals surface area contributed by atoms with Gasteiger partial charge in [0.1, 0.15) is 10.9 Å². The maximum Gasteiger partial charge on any atom is 0.257 e. The fraction of sp³-hybridized carbons (Fsp3) is 0.366. The minimum absolute atomic E-state index is 0.113. The van der Waals surface area contributed by atoms with Crippen LogP contribution in [-0.2, 0) is 49.1 Å². The van der Waals surface area contributed by atoms with Gasteiger partial charge in [-0.1, -0.05) is 34.8 Å². The summed E-state index contributed by atoms with van der Waals surface area (Å²) in [7, 11) is -0.828. The Bertz CT molecular complexity index is 2750. The fourth-order valence-corrected chi connectivity index (χ4v) is 8.23. The zero-order valence-corrected chi connectivity index (χ0v) is 39.1. The summed E-state index contributed by atoms with van der Waals surface area (Å²) in [6, 6.07) is 12.9. The summed E-state index contributed by atoms with van der Waals surface area (Å²) >= 11 is 18.2. The van der Waals surface area contributed by atoms with E-state index < -0.39 is 20.0 Å². The predicted octanol–water partition coefficient (Wildman–Crippen LogP) is 5.98. The number of ketones is 1. The predicted molar refractivity (Wildman–Crippen MR) is 244 cm³/mol. The number of amides is 3. The van der Waals surface area contributed by atoms with Gasteiger partial charge in [-0.3, -0.25) is 32.8 Å². The number of nitrogens with zero attached hydrogens (tertiary/aromatic N) is 6. The molecule has 0 bridgehead atoms. The summed E-state index contributed by atoms with van der Waals surface area (Å²) in [6.07, 6.45) is 6.29. The first kappa shape index (κ1) is 47.3. The molecule has 8 rings (SSSR count). The summed E-state index contributed by atoms with van der Waals surface area (Å²) in [4.78, 5) is 59.4. The number of fused-ring (bicyclic) bond motifs is 2. The molecular weight excluding hydrogens is 917 g/mol. The summed E-state index contributed by atoms with van der Waals surface area (Å²) in [5.41, 5.74) is 10.0. The average Bonchev–Trinajstić information content (AvgIpc) is 4.13. The van der Waals surface area contributed by atoms with Crippen molar-refractivity contribution < 1.29 is 36.0 Å². The van der Waals surface area contributed by atoms with E-state index in [1.165, 1.54) is 37.2 Å². The van der Waals surface area contributed by atoms with Crippen molar-refractivity contribution in [2.75, 3.05) is 59.9 Å². The van der Waals surface area contributed by atoms with Crippen LogP contribution < -0.4 is 25.0 Å². The Labute approximate surface area is 381 Å². The third-order valence-electron chi connectivity index (χ3n) is 10.6. The van der Waals surface area contributed by atoms with Crippen molar-refractivity contribution in [2.45, 2.75) is 45.2 Å². The number of hydrogen-bond donors (Lipinski definition) is 3. The molecule has 4 aromatic rings. The average molecular weight is 963 g/mol. The molecule has 22 heteroatoms. The fourth-order valence-electron chi connectivity index (χ4n) is 6.67. The number of halogens is 3. The van der Waals surface area contributed by atoms with Gasteiger partial charge in [0.05, 0.1) is 87.9 Å². The third-order valence-corrected chi connectivity index (χ3v) is 13.7. The van der Waals surface area contributed by atoms with Crippen molar-refractivity contribution >= 4 is 112 Å². The first-order valence-corrected chi connectivity index (χ1v) is 24.3. The van der Waals surface area contributed by atoms with Gasteiger partial charge in [-0.2, -0.15) is 0 Å². The van der Waals surface area contributed by atoms with Crippen LogP contribution in [0.15, 0.2) is 48.5 Å². The maximum absolute atomic E-state index is 12.7. The number of pyridine rings is 2.